The van der Waals surface area contributed by atoms with Gasteiger partial charge >= 0.3 is 0 Å². The van der Waals surface area contributed by atoms with Gasteiger partial charge in [0.25, 0.3) is 0 Å². The van der Waals surface area contributed by atoms with Gasteiger partial charge in [0.15, 0.2) is 0 Å². The monoisotopic (exact) mass is 237 g/mol. The van der Waals surface area contributed by atoms with Gasteiger partial charge in [0, 0.05) is 37.8 Å². The minimum atomic E-state index is 0.564. The maximum absolute atomic E-state index is 5.74. The van der Waals surface area contributed by atoms with Gasteiger partial charge in [-0.25, -0.2) is 0 Å². The first kappa shape index (κ1) is 12.6. The molecule has 0 spiro atoms. The van der Waals surface area contributed by atoms with E-state index in [2.05, 4.69) is 29.8 Å². The molecule has 1 atom stereocenters. The number of rotatable bonds is 3. The van der Waals surface area contributed by atoms with Gasteiger partial charge in [0.2, 0.25) is 0 Å². The van der Waals surface area contributed by atoms with Crippen molar-refractivity contribution >= 4 is 0 Å². The normalized spacial score (nSPS) is 23.2. The van der Waals surface area contributed by atoms with Crippen molar-refractivity contribution in [2.24, 2.45) is 5.73 Å². The van der Waals surface area contributed by atoms with E-state index in [0.717, 1.165) is 43.3 Å². The zero-order valence-corrected chi connectivity index (χ0v) is 11.1. The molecule has 0 saturated carbocycles. The molecule has 1 unspecified atom stereocenters. The first-order chi connectivity index (χ1) is 8.10. The minimum Gasteiger partial charge on any atom is -0.465 e. The zero-order chi connectivity index (χ0) is 12.4. The van der Waals surface area contributed by atoms with E-state index in [9.17, 15) is 0 Å². The van der Waals surface area contributed by atoms with Crippen molar-refractivity contribution < 1.29 is 4.42 Å². The van der Waals surface area contributed by atoms with Crippen LogP contribution in [0.4, 0.5) is 0 Å². The van der Waals surface area contributed by atoms with Crippen molar-refractivity contribution in [3.05, 3.63) is 23.2 Å². The standard InChI is InChI=1S/C13H23N3O/c1-10-8-16(5-4-15(10)3)9-13-6-12(7-14)11(2)17-13/h6,10H,4-5,7-9,14H2,1-3H3. The third-order valence-corrected chi connectivity index (χ3v) is 3.71. The highest BCUT2D eigenvalue weighted by molar-refractivity contribution is 5.20. The highest BCUT2D eigenvalue weighted by Gasteiger charge is 2.21. The predicted octanol–water partition coefficient (Wildman–Crippen LogP) is 1.18. The number of hydrogen-bond acceptors (Lipinski definition) is 4. The summed E-state index contributed by atoms with van der Waals surface area (Å²) in [4.78, 5) is 4.85. The highest BCUT2D eigenvalue weighted by Crippen LogP contribution is 2.17. The van der Waals surface area contributed by atoms with Crippen LogP contribution in [0.5, 0.6) is 0 Å². The molecule has 96 valence electrons. The Morgan fingerprint density at radius 2 is 2.24 bits per heavy atom. The summed E-state index contributed by atoms with van der Waals surface area (Å²) in [6.45, 7) is 9.06. The first-order valence-electron chi connectivity index (χ1n) is 6.31. The van der Waals surface area contributed by atoms with Gasteiger partial charge in [-0.15, -0.1) is 0 Å². The van der Waals surface area contributed by atoms with Gasteiger partial charge in [0.1, 0.15) is 11.5 Å². The molecule has 0 aromatic carbocycles. The summed E-state index contributed by atoms with van der Waals surface area (Å²) in [6.07, 6.45) is 0. The SMILES string of the molecule is Cc1oc(CN2CCN(C)C(C)C2)cc1CN. The summed E-state index contributed by atoms with van der Waals surface area (Å²) in [6, 6.07) is 2.71. The van der Waals surface area contributed by atoms with Gasteiger partial charge in [-0.1, -0.05) is 0 Å². The molecule has 4 nitrogen and oxygen atoms in total. The molecular formula is C13H23N3O. The lowest BCUT2D eigenvalue weighted by Gasteiger charge is -2.37. The fraction of sp³-hybridized carbons (Fsp3) is 0.692. The quantitative estimate of drug-likeness (QED) is 0.857. The lowest BCUT2D eigenvalue weighted by molar-refractivity contribution is 0.0944. The summed E-state index contributed by atoms with van der Waals surface area (Å²) >= 11 is 0. The van der Waals surface area contributed by atoms with Gasteiger partial charge in [-0.2, -0.15) is 0 Å². The summed E-state index contributed by atoms with van der Waals surface area (Å²) in [7, 11) is 2.19. The van der Waals surface area contributed by atoms with E-state index < -0.39 is 0 Å². The van der Waals surface area contributed by atoms with Crippen molar-refractivity contribution in [3.63, 3.8) is 0 Å². The number of furan rings is 1. The fourth-order valence-electron chi connectivity index (χ4n) is 2.36. The molecule has 0 aliphatic carbocycles. The summed E-state index contributed by atoms with van der Waals surface area (Å²) in [5.74, 6) is 2.00. The van der Waals surface area contributed by atoms with Crippen LogP contribution in [0.15, 0.2) is 10.5 Å². The average Bonchev–Trinajstić information content (AvgIpc) is 2.64. The molecule has 1 aromatic heterocycles. The van der Waals surface area contributed by atoms with Crippen LogP contribution in [-0.2, 0) is 13.1 Å². The molecule has 4 heteroatoms. The highest BCUT2D eigenvalue weighted by atomic mass is 16.3. The van der Waals surface area contributed by atoms with Crippen LogP contribution in [-0.4, -0.2) is 42.5 Å². The molecule has 1 aliphatic heterocycles. The lowest BCUT2D eigenvalue weighted by Crippen LogP contribution is -2.49. The Bertz CT molecular complexity index is 375. The van der Waals surface area contributed by atoms with Crippen molar-refractivity contribution in [1.29, 1.82) is 0 Å². The first-order valence-corrected chi connectivity index (χ1v) is 6.31. The number of aryl methyl sites for hydroxylation is 1. The molecule has 0 amide bonds. The van der Waals surface area contributed by atoms with Gasteiger partial charge in [0.05, 0.1) is 6.54 Å². The Morgan fingerprint density at radius 3 is 2.82 bits per heavy atom. The molecule has 1 saturated heterocycles. The summed E-state index contributed by atoms with van der Waals surface area (Å²) in [5, 5.41) is 0. The van der Waals surface area contributed by atoms with Crippen molar-refractivity contribution in [3.8, 4) is 0 Å². The number of piperazine rings is 1. The lowest BCUT2D eigenvalue weighted by atomic mass is 10.2. The maximum Gasteiger partial charge on any atom is 0.118 e. The second-order valence-corrected chi connectivity index (χ2v) is 5.06. The minimum absolute atomic E-state index is 0.564. The van der Waals surface area contributed by atoms with Gasteiger partial charge in [-0.3, -0.25) is 4.90 Å². The van der Waals surface area contributed by atoms with E-state index >= 15 is 0 Å². The summed E-state index contributed by atoms with van der Waals surface area (Å²) in [5.41, 5.74) is 6.78. The fourth-order valence-corrected chi connectivity index (χ4v) is 2.36. The average molecular weight is 237 g/mol. The Balaban J connectivity index is 1.96. The number of nitrogens with two attached hydrogens (primary N) is 1. The van der Waals surface area contributed by atoms with E-state index in [1.807, 2.05) is 6.92 Å². The van der Waals surface area contributed by atoms with Crippen LogP contribution in [0.2, 0.25) is 0 Å². The van der Waals surface area contributed by atoms with E-state index in [1.54, 1.807) is 0 Å². The molecule has 1 aromatic rings. The molecule has 1 fully saturated rings. The maximum atomic E-state index is 5.74. The third kappa shape index (κ3) is 2.89. The largest absolute Gasteiger partial charge is 0.465 e. The van der Waals surface area contributed by atoms with Gasteiger partial charge in [-0.05, 0) is 27.0 Å². The Kier molecular flexibility index (Phi) is 3.86. The van der Waals surface area contributed by atoms with Crippen LogP contribution in [0, 0.1) is 6.92 Å². The van der Waals surface area contributed by atoms with Crippen LogP contribution in [0.1, 0.15) is 24.0 Å². The third-order valence-electron chi connectivity index (χ3n) is 3.71. The second-order valence-electron chi connectivity index (χ2n) is 5.06. The molecule has 2 heterocycles. The topological polar surface area (TPSA) is 45.6 Å². The Morgan fingerprint density at radius 1 is 1.47 bits per heavy atom. The molecule has 0 bridgehead atoms. The molecular weight excluding hydrogens is 214 g/mol. The predicted molar refractivity (Wildman–Crippen MR) is 68.7 cm³/mol. The van der Waals surface area contributed by atoms with Crippen LogP contribution in [0.25, 0.3) is 0 Å². The molecule has 1 aliphatic rings. The van der Waals surface area contributed by atoms with Crippen LogP contribution < -0.4 is 5.73 Å². The van der Waals surface area contributed by atoms with E-state index in [-0.39, 0.29) is 0 Å². The van der Waals surface area contributed by atoms with Crippen molar-refractivity contribution in [2.45, 2.75) is 33.0 Å². The summed E-state index contributed by atoms with van der Waals surface area (Å²) < 4.78 is 5.74. The molecule has 0 radical (unpaired) electrons. The molecule has 2 rings (SSSR count). The Labute approximate surface area is 103 Å². The smallest absolute Gasteiger partial charge is 0.118 e. The Hall–Kier alpha value is -0.840. The van der Waals surface area contributed by atoms with Crippen LogP contribution >= 0.6 is 0 Å². The number of nitrogens with zero attached hydrogens (tertiary/aromatic N) is 2. The molecule has 2 N–H and O–H groups in total. The van der Waals surface area contributed by atoms with Crippen LogP contribution in [0.3, 0.4) is 0 Å². The molecule has 17 heavy (non-hydrogen) atoms. The van der Waals surface area contributed by atoms with E-state index in [4.69, 9.17) is 10.2 Å². The number of hydrogen-bond donors (Lipinski definition) is 1. The van der Waals surface area contributed by atoms with Crippen molar-refractivity contribution in [1.82, 2.24) is 9.80 Å². The zero-order valence-electron chi connectivity index (χ0n) is 11.1. The second kappa shape index (κ2) is 5.21. The van der Waals surface area contributed by atoms with E-state index in [1.165, 1.54) is 0 Å². The van der Waals surface area contributed by atoms with E-state index in [0.29, 0.717) is 12.6 Å². The number of likely N-dealkylation sites (N-methyl/N-ethyl adjacent to an activating group) is 1. The van der Waals surface area contributed by atoms with Gasteiger partial charge < -0.3 is 15.1 Å². The van der Waals surface area contributed by atoms with Crippen molar-refractivity contribution in [2.75, 3.05) is 26.7 Å².